The van der Waals surface area contributed by atoms with E-state index in [1.807, 2.05) is 23.9 Å². The summed E-state index contributed by atoms with van der Waals surface area (Å²) < 4.78 is 20.5. The standard InChI is InChI=1S/C14H17FN2O/c1-9(2)17-8-12(10(3)16-17)11-5-6-14(18-4)13(15)7-11/h5-9H,1-4H3. The van der Waals surface area contributed by atoms with Gasteiger partial charge in [-0.3, -0.25) is 4.68 Å². The molecule has 0 aliphatic heterocycles. The number of ether oxygens (including phenoxy) is 1. The molecule has 96 valence electrons. The Bertz CT molecular complexity index is 561. The van der Waals surface area contributed by atoms with Crippen LogP contribution in [0.3, 0.4) is 0 Å². The second-order valence-electron chi connectivity index (χ2n) is 4.55. The highest BCUT2D eigenvalue weighted by Gasteiger charge is 2.11. The van der Waals surface area contributed by atoms with Gasteiger partial charge in [0, 0.05) is 17.8 Å². The van der Waals surface area contributed by atoms with E-state index in [1.54, 1.807) is 6.07 Å². The summed E-state index contributed by atoms with van der Waals surface area (Å²) in [7, 11) is 1.46. The van der Waals surface area contributed by atoms with Crippen molar-refractivity contribution in [1.29, 1.82) is 0 Å². The van der Waals surface area contributed by atoms with Gasteiger partial charge in [-0.25, -0.2) is 4.39 Å². The fourth-order valence-corrected chi connectivity index (χ4v) is 1.86. The van der Waals surface area contributed by atoms with Gasteiger partial charge in [-0.15, -0.1) is 0 Å². The van der Waals surface area contributed by atoms with Crippen LogP contribution in [-0.2, 0) is 0 Å². The molecule has 0 N–H and O–H groups in total. The van der Waals surface area contributed by atoms with E-state index in [0.717, 1.165) is 16.8 Å². The molecule has 0 unspecified atom stereocenters. The van der Waals surface area contributed by atoms with Gasteiger partial charge in [0.2, 0.25) is 0 Å². The summed E-state index contributed by atoms with van der Waals surface area (Å²) in [5.74, 6) is -0.0978. The molecule has 0 bridgehead atoms. The average Bonchev–Trinajstić information content (AvgIpc) is 2.71. The number of nitrogens with zero attached hydrogens (tertiary/aromatic N) is 2. The highest BCUT2D eigenvalue weighted by molar-refractivity contribution is 5.66. The van der Waals surface area contributed by atoms with Gasteiger partial charge in [-0.2, -0.15) is 5.10 Å². The molecule has 0 atom stereocenters. The van der Waals surface area contributed by atoms with Crippen molar-refractivity contribution in [2.45, 2.75) is 26.8 Å². The Morgan fingerprint density at radius 2 is 2.06 bits per heavy atom. The quantitative estimate of drug-likeness (QED) is 0.830. The fraction of sp³-hybridized carbons (Fsp3) is 0.357. The molecule has 3 nitrogen and oxygen atoms in total. The first kappa shape index (κ1) is 12.6. The van der Waals surface area contributed by atoms with E-state index >= 15 is 0 Å². The van der Waals surface area contributed by atoms with Gasteiger partial charge in [0.1, 0.15) is 0 Å². The number of methoxy groups -OCH3 is 1. The SMILES string of the molecule is COc1ccc(-c2cn(C(C)C)nc2C)cc1F. The topological polar surface area (TPSA) is 27.1 Å². The van der Waals surface area contributed by atoms with Crippen molar-refractivity contribution in [2.24, 2.45) is 0 Å². The van der Waals surface area contributed by atoms with E-state index in [2.05, 4.69) is 18.9 Å². The van der Waals surface area contributed by atoms with Gasteiger partial charge >= 0.3 is 0 Å². The predicted octanol–water partition coefficient (Wildman–Crippen LogP) is 3.59. The molecule has 1 heterocycles. The van der Waals surface area contributed by atoms with Crippen LogP contribution in [0, 0.1) is 12.7 Å². The van der Waals surface area contributed by atoms with Crippen molar-refractivity contribution in [3.8, 4) is 16.9 Å². The maximum atomic E-state index is 13.7. The van der Waals surface area contributed by atoms with Crippen LogP contribution >= 0.6 is 0 Å². The lowest BCUT2D eigenvalue weighted by molar-refractivity contribution is 0.386. The van der Waals surface area contributed by atoms with Crippen molar-refractivity contribution in [3.63, 3.8) is 0 Å². The third-order valence-corrected chi connectivity index (χ3v) is 2.91. The Morgan fingerprint density at radius 1 is 1.33 bits per heavy atom. The van der Waals surface area contributed by atoms with Crippen LogP contribution in [0.5, 0.6) is 5.75 Å². The molecule has 0 radical (unpaired) electrons. The summed E-state index contributed by atoms with van der Waals surface area (Å²) in [6, 6.07) is 5.25. The van der Waals surface area contributed by atoms with Gasteiger partial charge < -0.3 is 4.74 Å². The van der Waals surface area contributed by atoms with Crippen molar-refractivity contribution >= 4 is 0 Å². The number of aryl methyl sites for hydroxylation is 1. The van der Waals surface area contributed by atoms with E-state index in [1.165, 1.54) is 13.2 Å². The third-order valence-electron chi connectivity index (χ3n) is 2.91. The maximum Gasteiger partial charge on any atom is 0.165 e. The summed E-state index contributed by atoms with van der Waals surface area (Å²) in [6.07, 6.45) is 1.95. The molecule has 2 rings (SSSR count). The van der Waals surface area contributed by atoms with E-state index in [-0.39, 0.29) is 11.6 Å². The Morgan fingerprint density at radius 3 is 2.56 bits per heavy atom. The largest absolute Gasteiger partial charge is 0.494 e. The predicted molar refractivity (Wildman–Crippen MR) is 69.3 cm³/mol. The van der Waals surface area contributed by atoms with Crippen LogP contribution in [0.25, 0.3) is 11.1 Å². The Kier molecular flexibility index (Phi) is 3.36. The second-order valence-corrected chi connectivity index (χ2v) is 4.55. The molecule has 0 spiro atoms. The molecule has 1 aromatic carbocycles. The number of aromatic nitrogens is 2. The summed E-state index contributed by atoms with van der Waals surface area (Å²) >= 11 is 0. The zero-order valence-electron chi connectivity index (χ0n) is 11.1. The van der Waals surface area contributed by atoms with Gasteiger partial charge in [-0.1, -0.05) is 6.07 Å². The van der Waals surface area contributed by atoms with Crippen LogP contribution in [0.1, 0.15) is 25.6 Å². The third kappa shape index (κ3) is 2.23. The van der Waals surface area contributed by atoms with Crippen molar-refractivity contribution in [2.75, 3.05) is 7.11 Å². The number of hydrogen-bond donors (Lipinski definition) is 0. The van der Waals surface area contributed by atoms with Gasteiger partial charge in [0.15, 0.2) is 11.6 Å². The van der Waals surface area contributed by atoms with Gasteiger partial charge in [-0.05, 0) is 38.5 Å². The first-order chi connectivity index (χ1) is 8.52. The lowest BCUT2D eigenvalue weighted by Gasteiger charge is -2.04. The molecule has 0 saturated carbocycles. The van der Waals surface area contributed by atoms with E-state index in [4.69, 9.17) is 4.74 Å². The molecule has 0 saturated heterocycles. The summed E-state index contributed by atoms with van der Waals surface area (Å²) in [5, 5.41) is 4.42. The van der Waals surface area contributed by atoms with E-state index in [9.17, 15) is 4.39 Å². The van der Waals surface area contributed by atoms with Crippen molar-refractivity contribution in [3.05, 3.63) is 35.9 Å². The van der Waals surface area contributed by atoms with Crippen molar-refractivity contribution in [1.82, 2.24) is 9.78 Å². The van der Waals surface area contributed by atoms with Gasteiger partial charge in [0.05, 0.1) is 12.8 Å². The minimum Gasteiger partial charge on any atom is -0.494 e. The number of rotatable bonds is 3. The molecule has 0 amide bonds. The molecular weight excluding hydrogens is 231 g/mol. The van der Waals surface area contributed by atoms with Crippen LogP contribution in [-0.4, -0.2) is 16.9 Å². The molecule has 4 heteroatoms. The lowest BCUT2D eigenvalue weighted by atomic mass is 10.1. The minimum atomic E-state index is -0.355. The van der Waals surface area contributed by atoms with Crippen LogP contribution in [0.2, 0.25) is 0 Å². The summed E-state index contributed by atoms with van der Waals surface area (Å²) in [6.45, 7) is 6.05. The minimum absolute atomic E-state index is 0.257. The molecule has 0 fully saturated rings. The molecule has 1 aromatic heterocycles. The van der Waals surface area contributed by atoms with Crippen LogP contribution < -0.4 is 4.74 Å². The number of benzene rings is 1. The van der Waals surface area contributed by atoms with Crippen LogP contribution in [0.15, 0.2) is 24.4 Å². The first-order valence-electron chi connectivity index (χ1n) is 5.92. The lowest BCUT2D eigenvalue weighted by Crippen LogP contribution is -2.00. The molecule has 0 aliphatic carbocycles. The zero-order chi connectivity index (χ0) is 13.3. The Balaban J connectivity index is 2.45. The second kappa shape index (κ2) is 4.80. The monoisotopic (exact) mass is 248 g/mol. The van der Waals surface area contributed by atoms with E-state index in [0.29, 0.717) is 6.04 Å². The highest BCUT2D eigenvalue weighted by Crippen LogP contribution is 2.28. The average molecular weight is 248 g/mol. The molecule has 18 heavy (non-hydrogen) atoms. The smallest absolute Gasteiger partial charge is 0.165 e. The van der Waals surface area contributed by atoms with Gasteiger partial charge in [0.25, 0.3) is 0 Å². The van der Waals surface area contributed by atoms with Crippen molar-refractivity contribution < 1.29 is 9.13 Å². The number of halogens is 1. The first-order valence-corrected chi connectivity index (χ1v) is 5.92. The maximum absolute atomic E-state index is 13.7. The van der Waals surface area contributed by atoms with E-state index < -0.39 is 0 Å². The summed E-state index contributed by atoms with van der Waals surface area (Å²) in [4.78, 5) is 0. The Labute approximate surface area is 106 Å². The highest BCUT2D eigenvalue weighted by atomic mass is 19.1. The number of hydrogen-bond acceptors (Lipinski definition) is 2. The fourth-order valence-electron chi connectivity index (χ4n) is 1.86. The van der Waals surface area contributed by atoms with Crippen LogP contribution in [0.4, 0.5) is 4.39 Å². The molecule has 0 aliphatic rings. The zero-order valence-corrected chi connectivity index (χ0v) is 11.1. The molecule has 2 aromatic rings. The Hall–Kier alpha value is -1.84. The summed E-state index contributed by atoms with van der Waals surface area (Å²) in [5.41, 5.74) is 2.66. The molecular formula is C14H17FN2O. The normalized spacial score (nSPS) is 11.0.